The van der Waals surface area contributed by atoms with E-state index in [0.717, 1.165) is 4.90 Å². The van der Waals surface area contributed by atoms with Crippen molar-refractivity contribution >= 4 is 5.91 Å². The number of phenolic OH excluding ortho intramolecular Hbond substituents is 1. The van der Waals surface area contributed by atoms with Crippen LogP contribution in [0.1, 0.15) is 23.2 Å². The van der Waals surface area contributed by atoms with Crippen LogP contribution in [0.2, 0.25) is 0 Å². The molecular weight excluding hydrogens is 263 g/mol. The minimum atomic E-state index is -1.73. The van der Waals surface area contributed by atoms with Gasteiger partial charge in [0.1, 0.15) is 0 Å². The second-order valence-electron chi connectivity index (χ2n) is 4.43. The molecule has 0 radical (unpaired) electrons. The molecule has 0 saturated carbocycles. The van der Waals surface area contributed by atoms with Gasteiger partial charge >= 0.3 is 0 Å². The van der Waals surface area contributed by atoms with E-state index in [2.05, 4.69) is 0 Å². The second-order valence-corrected chi connectivity index (χ2v) is 4.43. The lowest BCUT2D eigenvalue weighted by molar-refractivity contribution is 0.0468. The molecule has 1 aromatic rings. The molecule has 1 atom stereocenters. The molecule has 0 aromatic heterocycles. The van der Waals surface area contributed by atoms with E-state index >= 15 is 0 Å². The normalized spacial score (nSPS) is 19.6. The highest BCUT2D eigenvalue weighted by molar-refractivity contribution is 5.95. The Morgan fingerprint density at radius 2 is 2.00 bits per heavy atom. The molecule has 1 fully saturated rings. The van der Waals surface area contributed by atoms with Gasteiger partial charge in [-0.1, -0.05) is 0 Å². The van der Waals surface area contributed by atoms with Crippen LogP contribution in [0.25, 0.3) is 0 Å². The van der Waals surface area contributed by atoms with E-state index in [1.54, 1.807) is 0 Å². The van der Waals surface area contributed by atoms with E-state index in [9.17, 15) is 23.1 Å². The molecule has 104 valence electrons. The number of benzene rings is 1. The SMILES string of the molecule is O=C(c1cc(F)c(F)c(O)c1F)N1CCC[C@H](O)C1. The lowest BCUT2D eigenvalue weighted by Gasteiger charge is -2.30. The standard InChI is InChI=1S/C12H12F3NO3/c13-8-4-7(9(14)11(18)10(8)15)12(19)16-3-1-2-6(17)5-16/h4,6,17-18H,1-3,5H2/t6-/m0/s1. The maximum absolute atomic E-state index is 13.6. The Bertz CT molecular complexity index is 521. The van der Waals surface area contributed by atoms with Gasteiger partial charge < -0.3 is 15.1 Å². The number of carbonyl (C=O) groups excluding carboxylic acids is 1. The molecule has 1 aliphatic rings. The molecule has 2 N–H and O–H groups in total. The molecule has 19 heavy (non-hydrogen) atoms. The molecule has 4 nitrogen and oxygen atoms in total. The Hall–Kier alpha value is -1.76. The van der Waals surface area contributed by atoms with Gasteiger partial charge in [0.05, 0.1) is 11.7 Å². The third-order valence-electron chi connectivity index (χ3n) is 3.05. The number of β-amino-alcohol motifs (C(OH)–C–C–N with tert-alkyl or cyclic N) is 1. The number of nitrogens with zero attached hydrogens (tertiary/aromatic N) is 1. The first kappa shape index (κ1) is 13.7. The van der Waals surface area contributed by atoms with Crippen molar-refractivity contribution in [3.8, 4) is 5.75 Å². The topological polar surface area (TPSA) is 60.8 Å². The Morgan fingerprint density at radius 3 is 2.63 bits per heavy atom. The predicted molar refractivity (Wildman–Crippen MR) is 59.1 cm³/mol. The summed E-state index contributed by atoms with van der Waals surface area (Å²) in [5.74, 6) is -7.12. The molecule has 1 aliphatic heterocycles. The van der Waals surface area contributed by atoms with Gasteiger partial charge in [-0.2, -0.15) is 4.39 Å². The molecule has 0 bridgehead atoms. The van der Waals surface area contributed by atoms with Crippen LogP contribution in [0.4, 0.5) is 13.2 Å². The van der Waals surface area contributed by atoms with Gasteiger partial charge in [-0.05, 0) is 18.9 Å². The Labute approximate surface area is 107 Å². The van der Waals surface area contributed by atoms with Crippen LogP contribution in [0, 0.1) is 17.5 Å². The predicted octanol–water partition coefficient (Wildman–Crippen LogP) is 1.41. The summed E-state index contributed by atoms with van der Waals surface area (Å²) >= 11 is 0. The monoisotopic (exact) mass is 275 g/mol. The lowest BCUT2D eigenvalue weighted by Crippen LogP contribution is -2.42. The zero-order chi connectivity index (χ0) is 14.2. The Balaban J connectivity index is 2.34. The molecule has 1 saturated heterocycles. The quantitative estimate of drug-likeness (QED) is 0.762. The van der Waals surface area contributed by atoms with Crippen LogP contribution < -0.4 is 0 Å². The van der Waals surface area contributed by atoms with E-state index in [-0.39, 0.29) is 13.1 Å². The number of rotatable bonds is 1. The highest BCUT2D eigenvalue weighted by Crippen LogP contribution is 2.27. The van der Waals surface area contributed by atoms with Gasteiger partial charge in [-0.25, -0.2) is 8.78 Å². The maximum atomic E-state index is 13.6. The summed E-state index contributed by atoms with van der Waals surface area (Å²) in [6.45, 7) is 0.285. The van der Waals surface area contributed by atoms with Crippen LogP contribution in [0.5, 0.6) is 5.75 Å². The van der Waals surface area contributed by atoms with Gasteiger partial charge in [-0.15, -0.1) is 0 Å². The van der Waals surface area contributed by atoms with Gasteiger partial charge in [0.2, 0.25) is 5.82 Å². The van der Waals surface area contributed by atoms with Crippen molar-refractivity contribution in [1.29, 1.82) is 0 Å². The number of aromatic hydroxyl groups is 1. The summed E-state index contributed by atoms with van der Waals surface area (Å²) in [5, 5.41) is 18.5. The third kappa shape index (κ3) is 2.51. The van der Waals surface area contributed by atoms with E-state index < -0.39 is 40.8 Å². The maximum Gasteiger partial charge on any atom is 0.257 e. The number of halogens is 3. The number of amides is 1. The molecule has 7 heteroatoms. The van der Waals surface area contributed by atoms with Crippen molar-refractivity contribution in [1.82, 2.24) is 4.90 Å². The number of aliphatic hydroxyl groups excluding tert-OH is 1. The zero-order valence-corrected chi connectivity index (χ0v) is 9.87. The molecule has 2 rings (SSSR count). The minimum Gasteiger partial charge on any atom is -0.503 e. The minimum absolute atomic E-state index is 0.00195. The summed E-state index contributed by atoms with van der Waals surface area (Å²) in [5.41, 5.74) is -0.745. The van der Waals surface area contributed by atoms with Crippen molar-refractivity contribution in [2.45, 2.75) is 18.9 Å². The first-order valence-electron chi connectivity index (χ1n) is 5.75. The fourth-order valence-corrected chi connectivity index (χ4v) is 2.06. The second kappa shape index (κ2) is 5.08. The number of hydrogen-bond acceptors (Lipinski definition) is 3. The van der Waals surface area contributed by atoms with E-state index in [1.807, 2.05) is 0 Å². The van der Waals surface area contributed by atoms with E-state index in [0.29, 0.717) is 18.9 Å². The van der Waals surface area contributed by atoms with E-state index in [1.165, 1.54) is 0 Å². The highest BCUT2D eigenvalue weighted by Gasteiger charge is 2.28. The van der Waals surface area contributed by atoms with E-state index in [4.69, 9.17) is 5.11 Å². The average molecular weight is 275 g/mol. The van der Waals surface area contributed by atoms with Crippen molar-refractivity contribution < 1.29 is 28.2 Å². The Morgan fingerprint density at radius 1 is 1.32 bits per heavy atom. The third-order valence-corrected chi connectivity index (χ3v) is 3.05. The highest BCUT2D eigenvalue weighted by atomic mass is 19.2. The van der Waals surface area contributed by atoms with Crippen LogP contribution in [0.3, 0.4) is 0 Å². The van der Waals surface area contributed by atoms with Crippen molar-refractivity contribution in [3.05, 3.63) is 29.1 Å². The summed E-state index contributed by atoms with van der Waals surface area (Å²) in [6, 6.07) is 0.410. The van der Waals surface area contributed by atoms with Crippen LogP contribution >= 0.6 is 0 Å². The molecule has 0 aliphatic carbocycles. The molecule has 1 heterocycles. The number of likely N-dealkylation sites (tertiary alicyclic amines) is 1. The van der Waals surface area contributed by atoms with Gasteiger partial charge in [0, 0.05) is 13.1 Å². The first-order chi connectivity index (χ1) is 8.91. The molecule has 1 amide bonds. The largest absolute Gasteiger partial charge is 0.503 e. The lowest BCUT2D eigenvalue weighted by atomic mass is 10.1. The Kier molecular flexibility index (Phi) is 3.66. The zero-order valence-electron chi connectivity index (χ0n) is 9.87. The summed E-state index contributed by atoms with van der Waals surface area (Å²) < 4.78 is 39.6. The van der Waals surface area contributed by atoms with Crippen LogP contribution in [-0.4, -0.2) is 40.2 Å². The van der Waals surface area contributed by atoms with Crippen molar-refractivity contribution in [2.24, 2.45) is 0 Å². The molecular formula is C12H12F3NO3. The van der Waals surface area contributed by atoms with Crippen molar-refractivity contribution in [3.63, 3.8) is 0 Å². The van der Waals surface area contributed by atoms with Gasteiger partial charge in [0.15, 0.2) is 17.4 Å². The molecule has 0 unspecified atom stereocenters. The molecule has 1 aromatic carbocycles. The number of phenols is 1. The van der Waals surface area contributed by atoms with Gasteiger partial charge in [-0.3, -0.25) is 4.79 Å². The summed E-state index contributed by atoms with van der Waals surface area (Å²) in [4.78, 5) is 13.1. The molecule has 0 spiro atoms. The van der Waals surface area contributed by atoms with Crippen molar-refractivity contribution in [2.75, 3.05) is 13.1 Å². The summed E-state index contributed by atoms with van der Waals surface area (Å²) in [7, 11) is 0. The fraction of sp³-hybridized carbons (Fsp3) is 0.417. The number of aliphatic hydroxyl groups is 1. The average Bonchev–Trinajstić information content (AvgIpc) is 2.40. The van der Waals surface area contributed by atoms with Crippen LogP contribution in [0.15, 0.2) is 6.07 Å². The number of piperidine rings is 1. The number of carbonyl (C=O) groups is 1. The summed E-state index contributed by atoms with van der Waals surface area (Å²) in [6.07, 6.45) is 0.332. The first-order valence-corrected chi connectivity index (χ1v) is 5.75. The van der Waals surface area contributed by atoms with Crippen LogP contribution in [-0.2, 0) is 0 Å². The smallest absolute Gasteiger partial charge is 0.257 e. The number of hydrogen-bond donors (Lipinski definition) is 2. The fourth-order valence-electron chi connectivity index (χ4n) is 2.06. The van der Waals surface area contributed by atoms with Gasteiger partial charge in [0.25, 0.3) is 5.91 Å².